The van der Waals surface area contributed by atoms with Crippen LogP contribution in [0.15, 0.2) is 156 Å². The predicted molar refractivity (Wildman–Crippen MR) is 187 cm³/mol. The summed E-state index contributed by atoms with van der Waals surface area (Å²) in [6.45, 7) is 0. The number of furan rings is 1. The van der Waals surface area contributed by atoms with Crippen LogP contribution in [0.3, 0.4) is 0 Å². The molecule has 0 fully saturated rings. The summed E-state index contributed by atoms with van der Waals surface area (Å²) in [6, 6.07) is 48.7. The summed E-state index contributed by atoms with van der Waals surface area (Å²) in [5.41, 5.74) is 7.52. The van der Waals surface area contributed by atoms with Gasteiger partial charge in [0, 0.05) is 44.6 Å². The Labute approximate surface area is 270 Å². The number of hydrogen-bond donors (Lipinski definition) is 0. The zero-order chi connectivity index (χ0) is 31.2. The maximum absolute atomic E-state index is 6.38. The smallest absolute Gasteiger partial charge is 0.164 e. The molecule has 4 heterocycles. The molecule has 6 nitrogen and oxygen atoms in total. The van der Waals surface area contributed by atoms with Crippen molar-refractivity contribution in [1.29, 1.82) is 0 Å². The minimum atomic E-state index is 0.592. The molecule has 0 aliphatic carbocycles. The molecule has 0 amide bonds. The van der Waals surface area contributed by atoms with Crippen LogP contribution < -0.4 is 0 Å². The van der Waals surface area contributed by atoms with E-state index in [1.54, 1.807) is 0 Å². The van der Waals surface area contributed by atoms with Crippen molar-refractivity contribution in [1.82, 2.24) is 24.9 Å². The van der Waals surface area contributed by atoms with Gasteiger partial charge >= 0.3 is 0 Å². The topological polar surface area (TPSA) is 77.6 Å². The van der Waals surface area contributed by atoms with Crippen molar-refractivity contribution < 1.29 is 4.42 Å². The van der Waals surface area contributed by atoms with Gasteiger partial charge in [0.05, 0.1) is 5.69 Å². The second-order valence-corrected chi connectivity index (χ2v) is 11.3. The van der Waals surface area contributed by atoms with Crippen LogP contribution in [-0.2, 0) is 0 Å². The third-order valence-corrected chi connectivity index (χ3v) is 8.37. The fraction of sp³-hybridized carbons (Fsp3) is 0. The van der Waals surface area contributed by atoms with Gasteiger partial charge in [-0.2, -0.15) is 0 Å². The summed E-state index contributed by atoms with van der Waals surface area (Å²) in [5, 5.41) is 4.14. The second-order valence-electron chi connectivity index (χ2n) is 11.3. The maximum Gasteiger partial charge on any atom is 0.164 e. The standard InChI is InChI=1S/C41H25N5O/c1-3-12-26(13-4-1)39-44-40(27-14-5-2-6-15-27)46-41(45-39)30-18-11-17-29(24-30)34-25-28-16-7-8-19-31(28)36(43-34)37-38-33(22-23-42-37)32-20-9-10-21-35(32)47-38/h1-25H. The van der Waals surface area contributed by atoms with E-state index in [1.165, 1.54) is 0 Å². The molecule has 5 aromatic carbocycles. The first-order chi connectivity index (χ1) is 23.3. The summed E-state index contributed by atoms with van der Waals surface area (Å²) in [4.78, 5) is 24.8. The SMILES string of the molecule is c1ccc(-c2nc(-c3ccccc3)nc(-c3cccc(-c4cc5ccccc5c(-c5nccc6c5oc5ccccc56)n4)c3)n2)cc1. The molecule has 0 spiro atoms. The fourth-order valence-corrected chi connectivity index (χ4v) is 6.10. The number of nitrogens with zero attached hydrogens (tertiary/aromatic N) is 5. The summed E-state index contributed by atoms with van der Waals surface area (Å²) >= 11 is 0. The van der Waals surface area contributed by atoms with Gasteiger partial charge < -0.3 is 4.42 Å². The van der Waals surface area contributed by atoms with Crippen LogP contribution >= 0.6 is 0 Å². The zero-order valence-electron chi connectivity index (χ0n) is 25.1. The molecular weight excluding hydrogens is 578 g/mol. The molecule has 47 heavy (non-hydrogen) atoms. The normalized spacial score (nSPS) is 11.4. The van der Waals surface area contributed by atoms with E-state index in [0.717, 1.165) is 66.4 Å². The number of para-hydroxylation sites is 1. The third-order valence-electron chi connectivity index (χ3n) is 8.37. The lowest BCUT2D eigenvalue weighted by atomic mass is 10.0. The number of fused-ring (bicyclic) bond motifs is 4. The second kappa shape index (κ2) is 11.1. The first-order valence-corrected chi connectivity index (χ1v) is 15.4. The molecule has 4 aromatic heterocycles. The first-order valence-electron chi connectivity index (χ1n) is 15.4. The largest absolute Gasteiger partial charge is 0.454 e. The van der Waals surface area contributed by atoms with Gasteiger partial charge in [-0.25, -0.2) is 19.9 Å². The van der Waals surface area contributed by atoms with Gasteiger partial charge in [-0.3, -0.25) is 4.98 Å². The van der Waals surface area contributed by atoms with Crippen LogP contribution in [0.25, 0.3) is 89.5 Å². The number of pyridine rings is 2. The quantitative estimate of drug-likeness (QED) is 0.195. The molecular formula is C41H25N5O. The van der Waals surface area contributed by atoms with E-state index < -0.39 is 0 Å². The van der Waals surface area contributed by atoms with Gasteiger partial charge in [0.1, 0.15) is 17.0 Å². The predicted octanol–water partition coefficient (Wildman–Crippen LogP) is 10.0. The average molecular weight is 604 g/mol. The Kier molecular flexibility index (Phi) is 6.35. The fourth-order valence-electron chi connectivity index (χ4n) is 6.10. The molecule has 0 unspecified atom stereocenters. The van der Waals surface area contributed by atoms with Crippen molar-refractivity contribution in [2.75, 3.05) is 0 Å². The highest BCUT2D eigenvalue weighted by Gasteiger charge is 2.19. The molecule has 9 rings (SSSR count). The summed E-state index contributed by atoms with van der Waals surface area (Å²) < 4.78 is 6.38. The van der Waals surface area contributed by atoms with Gasteiger partial charge in [0.2, 0.25) is 0 Å². The van der Waals surface area contributed by atoms with Crippen molar-refractivity contribution in [3.8, 4) is 56.8 Å². The van der Waals surface area contributed by atoms with Gasteiger partial charge in [0.25, 0.3) is 0 Å². The molecule has 0 atom stereocenters. The highest BCUT2D eigenvalue weighted by Crippen LogP contribution is 2.38. The van der Waals surface area contributed by atoms with Gasteiger partial charge in [0.15, 0.2) is 23.1 Å². The summed E-state index contributed by atoms with van der Waals surface area (Å²) in [7, 11) is 0. The van der Waals surface area contributed by atoms with Crippen LogP contribution in [0, 0.1) is 0 Å². The molecule has 0 saturated heterocycles. The van der Waals surface area contributed by atoms with Gasteiger partial charge in [-0.1, -0.05) is 121 Å². The van der Waals surface area contributed by atoms with Gasteiger partial charge in [-0.15, -0.1) is 0 Å². The molecule has 0 aliphatic heterocycles. The molecule has 0 N–H and O–H groups in total. The summed E-state index contributed by atoms with van der Waals surface area (Å²) in [5.74, 6) is 1.83. The van der Waals surface area contributed by atoms with E-state index in [2.05, 4.69) is 36.4 Å². The minimum absolute atomic E-state index is 0.592. The van der Waals surface area contributed by atoms with E-state index in [1.807, 2.05) is 115 Å². The van der Waals surface area contributed by atoms with Crippen molar-refractivity contribution in [3.05, 3.63) is 152 Å². The molecule has 0 radical (unpaired) electrons. The Hall–Kier alpha value is -6.53. The van der Waals surface area contributed by atoms with E-state index >= 15 is 0 Å². The molecule has 0 saturated carbocycles. The molecule has 9 aromatic rings. The monoisotopic (exact) mass is 603 g/mol. The Morgan fingerprint density at radius 3 is 1.74 bits per heavy atom. The molecule has 0 bridgehead atoms. The number of rotatable bonds is 5. The van der Waals surface area contributed by atoms with E-state index in [4.69, 9.17) is 29.3 Å². The van der Waals surface area contributed by atoms with Crippen molar-refractivity contribution in [2.45, 2.75) is 0 Å². The molecule has 220 valence electrons. The Morgan fingerprint density at radius 1 is 0.404 bits per heavy atom. The lowest BCUT2D eigenvalue weighted by Crippen LogP contribution is -2.00. The van der Waals surface area contributed by atoms with Crippen molar-refractivity contribution >= 4 is 32.7 Å². The van der Waals surface area contributed by atoms with Crippen LogP contribution in [0.4, 0.5) is 0 Å². The van der Waals surface area contributed by atoms with Gasteiger partial charge in [-0.05, 0) is 29.7 Å². The first kappa shape index (κ1) is 26.8. The Morgan fingerprint density at radius 2 is 1.00 bits per heavy atom. The zero-order valence-corrected chi connectivity index (χ0v) is 25.1. The third kappa shape index (κ3) is 4.80. The number of hydrogen-bond acceptors (Lipinski definition) is 6. The summed E-state index contributed by atoms with van der Waals surface area (Å²) in [6.07, 6.45) is 1.83. The van der Waals surface area contributed by atoms with E-state index in [0.29, 0.717) is 23.2 Å². The molecule has 6 heteroatoms. The van der Waals surface area contributed by atoms with Crippen LogP contribution in [-0.4, -0.2) is 24.9 Å². The van der Waals surface area contributed by atoms with Crippen LogP contribution in [0.5, 0.6) is 0 Å². The van der Waals surface area contributed by atoms with E-state index in [-0.39, 0.29) is 0 Å². The van der Waals surface area contributed by atoms with Crippen LogP contribution in [0.1, 0.15) is 0 Å². The number of benzene rings is 5. The lowest BCUT2D eigenvalue weighted by Gasteiger charge is -2.12. The highest BCUT2D eigenvalue weighted by atomic mass is 16.3. The van der Waals surface area contributed by atoms with Crippen molar-refractivity contribution in [2.24, 2.45) is 0 Å². The maximum atomic E-state index is 6.38. The molecule has 0 aliphatic rings. The number of aromatic nitrogens is 5. The van der Waals surface area contributed by atoms with Crippen LogP contribution in [0.2, 0.25) is 0 Å². The minimum Gasteiger partial charge on any atom is -0.454 e. The Balaban J connectivity index is 1.22. The average Bonchev–Trinajstić information content (AvgIpc) is 3.54. The van der Waals surface area contributed by atoms with E-state index in [9.17, 15) is 0 Å². The Bertz CT molecular complexity index is 2520. The highest BCUT2D eigenvalue weighted by molar-refractivity contribution is 6.10. The lowest BCUT2D eigenvalue weighted by molar-refractivity contribution is 0.668. The van der Waals surface area contributed by atoms with Crippen molar-refractivity contribution in [3.63, 3.8) is 0 Å².